The molecule has 180 valence electrons. The molecule has 33 heavy (non-hydrogen) atoms. The quantitative estimate of drug-likeness (QED) is 0.526. The van der Waals surface area contributed by atoms with Crippen LogP contribution in [-0.4, -0.2) is 74.1 Å². The summed E-state index contributed by atoms with van der Waals surface area (Å²) in [6.45, 7) is 7.31. The lowest BCUT2D eigenvalue weighted by atomic mass is 9.98. The molecule has 9 heteroatoms. The molecule has 4 rings (SSSR count). The van der Waals surface area contributed by atoms with Gasteiger partial charge in [-0.2, -0.15) is 4.31 Å². The van der Waals surface area contributed by atoms with Gasteiger partial charge < -0.3 is 4.74 Å². The minimum atomic E-state index is -3.80. The van der Waals surface area contributed by atoms with E-state index < -0.39 is 10.0 Å². The first kappa shape index (κ1) is 24.9. The monoisotopic (exact) mass is 555 g/mol. The number of hydrogen-bond donors (Lipinski definition) is 0. The summed E-state index contributed by atoms with van der Waals surface area (Å²) >= 11 is 9.70. The van der Waals surface area contributed by atoms with Gasteiger partial charge in [0.05, 0.1) is 13.3 Å². The van der Waals surface area contributed by atoms with Gasteiger partial charge in [0.2, 0.25) is 10.0 Å². The summed E-state index contributed by atoms with van der Waals surface area (Å²) in [5, 5.41) is 0.379. The van der Waals surface area contributed by atoms with E-state index in [-0.39, 0.29) is 17.1 Å². The first-order chi connectivity index (χ1) is 15.7. The summed E-state index contributed by atoms with van der Waals surface area (Å²) in [6, 6.07) is 13.7. The summed E-state index contributed by atoms with van der Waals surface area (Å²) in [5.74, 6) is 0.319. The zero-order valence-electron chi connectivity index (χ0n) is 19.2. The molecule has 2 saturated heterocycles. The molecule has 2 aromatic carbocycles. The maximum absolute atomic E-state index is 13.9. The van der Waals surface area contributed by atoms with Crippen LogP contribution in [0.5, 0.6) is 5.75 Å². The van der Waals surface area contributed by atoms with E-state index in [9.17, 15) is 8.42 Å². The summed E-state index contributed by atoms with van der Waals surface area (Å²) in [6.07, 6.45) is 1.43. The van der Waals surface area contributed by atoms with Crippen molar-refractivity contribution in [2.75, 3.05) is 33.3 Å². The molecular weight excluding hydrogens is 526 g/mol. The molecule has 0 radical (unpaired) electrons. The molecule has 6 nitrogen and oxygen atoms in total. The highest BCUT2D eigenvalue weighted by molar-refractivity contribution is 9.10. The van der Waals surface area contributed by atoms with Gasteiger partial charge in [-0.3, -0.25) is 9.80 Å². The fourth-order valence-electron chi connectivity index (χ4n) is 4.91. The standard InChI is InChI=1S/C24H31BrClN3O3S/c1-17(2)27-15-21(13-18-5-7-19(25)8-6-18)28-11-4-12-29(24(28)16-27)33(30,31)23-14-20(26)9-10-22(23)32-3/h5-10,14,17,21,24H,4,11-13,15-16H2,1-3H3. The second kappa shape index (κ2) is 10.2. The third kappa shape index (κ3) is 5.26. The number of ether oxygens (including phenoxy) is 1. The van der Waals surface area contributed by atoms with Crippen LogP contribution in [0.1, 0.15) is 25.8 Å². The Morgan fingerprint density at radius 1 is 1.12 bits per heavy atom. The number of sulfonamides is 1. The molecule has 2 atom stereocenters. The van der Waals surface area contributed by atoms with Gasteiger partial charge in [0, 0.05) is 47.8 Å². The van der Waals surface area contributed by atoms with E-state index in [4.69, 9.17) is 16.3 Å². The van der Waals surface area contributed by atoms with E-state index in [2.05, 4.69) is 63.8 Å². The molecule has 0 aromatic heterocycles. The summed E-state index contributed by atoms with van der Waals surface area (Å²) < 4.78 is 35.9. The van der Waals surface area contributed by atoms with E-state index in [0.29, 0.717) is 29.9 Å². The molecule has 0 amide bonds. The number of methoxy groups -OCH3 is 1. The van der Waals surface area contributed by atoms with Crippen molar-refractivity contribution in [3.8, 4) is 5.75 Å². The van der Waals surface area contributed by atoms with Crippen molar-refractivity contribution in [3.63, 3.8) is 0 Å². The van der Waals surface area contributed by atoms with E-state index in [0.717, 1.165) is 30.4 Å². The van der Waals surface area contributed by atoms with Gasteiger partial charge in [-0.25, -0.2) is 8.42 Å². The number of rotatable bonds is 6. The van der Waals surface area contributed by atoms with Crippen molar-refractivity contribution in [1.29, 1.82) is 0 Å². The van der Waals surface area contributed by atoms with Crippen LogP contribution in [0.4, 0.5) is 0 Å². The second-order valence-electron chi connectivity index (χ2n) is 9.02. The van der Waals surface area contributed by atoms with Crippen LogP contribution in [0.15, 0.2) is 51.8 Å². The Balaban J connectivity index is 1.69. The highest BCUT2D eigenvalue weighted by Crippen LogP contribution is 2.35. The van der Waals surface area contributed by atoms with Crippen LogP contribution in [-0.2, 0) is 16.4 Å². The smallest absolute Gasteiger partial charge is 0.248 e. The van der Waals surface area contributed by atoms with E-state index >= 15 is 0 Å². The van der Waals surface area contributed by atoms with Gasteiger partial charge in [-0.05, 0) is 62.6 Å². The lowest BCUT2D eigenvalue weighted by molar-refractivity contribution is -0.0563. The van der Waals surface area contributed by atoms with Crippen LogP contribution >= 0.6 is 27.5 Å². The van der Waals surface area contributed by atoms with Crippen molar-refractivity contribution in [2.45, 2.75) is 49.8 Å². The Morgan fingerprint density at radius 2 is 1.85 bits per heavy atom. The lowest BCUT2D eigenvalue weighted by Gasteiger charge is -2.53. The van der Waals surface area contributed by atoms with Gasteiger partial charge >= 0.3 is 0 Å². The molecule has 0 saturated carbocycles. The van der Waals surface area contributed by atoms with Gasteiger partial charge in [-0.1, -0.05) is 39.7 Å². The van der Waals surface area contributed by atoms with Crippen LogP contribution < -0.4 is 4.74 Å². The molecule has 2 aromatic rings. The number of benzene rings is 2. The first-order valence-corrected chi connectivity index (χ1v) is 13.9. The van der Waals surface area contributed by atoms with Crippen LogP contribution in [0.25, 0.3) is 0 Å². The molecule has 2 aliphatic heterocycles. The Hall–Kier alpha value is -1.16. The second-order valence-corrected chi connectivity index (χ2v) is 12.2. The van der Waals surface area contributed by atoms with Crippen LogP contribution in [0, 0.1) is 0 Å². The summed E-state index contributed by atoms with van der Waals surface area (Å²) in [4.78, 5) is 4.91. The maximum Gasteiger partial charge on any atom is 0.248 e. The minimum absolute atomic E-state index is 0.130. The fourth-order valence-corrected chi connectivity index (χ4v) is 7.22. The Labute approximate surface area is 210 Å². The number of nitrogens with zero attached hydrogens (tertiary/aromatic N) is 3. The first-order valence-electron chi connectivity index (χ1n) is 11.3. The molecule has 2 fully saturated rings. The molecule has 0 N–H and O–H groups in total. The van der Waals surface area contributed by atoms with Crippen molar-refractivity contribution < 1.29 is 13.2 Å². The van der Waals surface area contributed by atoms with Crippen molar-refractivity contribution in [3.05, 3.63) is 57.5 Å². The largest absolute Gasteiger partial charge is 0.495 e. The van der Waals surface area contributed by atoms with Crippen molar-refractivity contribution in [1.82, 2.24) is 14.1 Å². The third-order valence-corrected chi connectivity index (χ3v) is 9.33. The molecule has 2 aliphatic rings. The average Bonchev–Trinajstić information content (AvgIpc) is 2.80. The Bertz CT molecular complexity index is 1080. The van der Waals surface area contributed by atoms with E-state index in [1.807, 2.05) is 0 Å². The molecule has 0 spiro atoms. The van der Waals surface area contributed by atoms with Gasteiger partial charge in [0.1, 0.15) is 10.6 Å². The maximum atomic E-state index is 13.9. The molecule has 0 bridgehead atoms. The zero-order chi connectivity index (χ0) is 23.8. The molecule has 2 unspecified atom stereocenters. The lowest BCUT2D eigenvalue weighted by Crippen LogP contribution is -2.68. The van der Waals surface area contributed by atoms with Crippen molar-refractivity contribution in [2.24, 2.45) is 0 Å². The zero-order valence-corrected chi connectivity index (χ0v) is 22.4. The number of piperazine rings is 1. The molecule has 0 aliphatic carbocycles. The SMILES string of the molecule is COc1ccc(Cl)cc1S(=O)(=O)N1CCCN2C(Cc3ccc(Br)cc3)CN(C(C)C)CC21. The van der Waals surface area contributed by atoms with Gasteiger partial charge in [-0.15, -0.1) is 0 Å². The topological polar surface area (TPSA) is 53.1 Å². The normalized spacial score (nSPS) is 23.0. The number of hydrogen-bond acceptors (Lipinski definition) is 5. The minimum Gasteiger partial charge on any atom is -0.495 e. The molecule has 2 heterocycles. The van der Waals surface area contributed by atoms with E-state index in [1.165, 1.54) is 18.7 Å². The highest BCUT2D eigenvalue weighted by Gasteiger charge is 2.45. The van der Waals surface area contributed by atoms with Crippen LogP contribution in [0.2, 0.25) is 5.02 Å². The third-order valence-electron chi connectivity index (χ3n) is 6.65. The highest BCUT2D eigenvalue weighted by atomic mass is 79.9. The summed E-state index contributed by atoms with van der Waals surface area (Å²) in [5.41, 5.74) is 1.25. The average molecular weight is 557 g/mol. The number of halogens is 2. The predicted octanol–water partition coefficient (Wildman–Crippen LogP) is 4.47. The van der Waals surface area contributed by atoms with Crippen molar-refractivity contribution >= 4 is 37.6 Å². The van der Waals surface area contributed by atoms with E-state index in [1.54, 1.807) is 16.4 Å². The summed E-state index contributed by atoms with van der Waals surface area (Å²) in [7, 11) is -2.31. The Morgan fingerprint density at radius 3 is 2.52 bits per heavy atom. The van der Waals surface area contributed by atoms with Gasteiger partial charge in [0.15, 0.2) is 0 Å². The number of fused-ring (bicyclic) bond motifs is 1. The Kier molecular flexibility index (Phi) is 7.73. The predicted molar refractivity (Wildman–Crippen MR) is 135 cm³/mol. The van der Waals surface area contributed by atoms with Crippen LogP contribution in [0.3, 0.4) is 0 Å². The molecular formula is C24H31BrClN3O3S. The fraction of sp³-hybridized carbons (Fsp3) is 0.500. The van der Waals surface area contributed by atoms with Gasteiger partial charge in [0.25, 0.3) is 0 Å².